The van der Waals surface area contributed by atoms with Crippen LogP contribution in [0.15, 0.2) is 48.6 Å². The number of rotatable bonds is 4. The summed E-state index contributed by atoms with van der Waals surface area (Å²) in [5, 5.41) is 8.57. The zero-order valence-electron chi connectivity index (χ0n) is 10.2. The molecule has 0 amide bonds. The molecule has 0 unspecified atom stereocenters. The first-order valence-corrected chi connectivity index (χ1v) is 5.84. The van der Waals surface area contributed by atoms with Gasteiger partial charge in [-0.25, -0.2) is 0 Å². The average molecular weight is 226 g/mol. The van der Waals surface area contributed by atoms with E-state index in [1.54, 1.807) is 12.2 Å². The molecule has 0 saturated carbocycles. The molecule has 1 rings (SSSR count). The smallest absolute Gasteiger partial charge is 0.0621 e. The molecule has 0 aliphatic rings. The first-order valence-electron chi connectivity index (χ1n) is 5.84. The Labute approximate surface area is 103 Å². The van der Waals surface area contributed by atoms with E-state index in [1.807, 2.05) is 19.1 Å². The van der Waals surface area contributed by atoms with Crippen LogP contribution >= 0.6 is 0 Å². The Hall–Kier alpha value is -1.78. The monoisotopic (exact) mass is 226 g/mol. The van der Waals surface area contributed by atoms with Crippen molar-refractivity contribution in [3.8, 4) is 11.8 Å². The van der Waals surface area contributed by atoms with E-state index in [0.29, 0.717) is 0 Å². The largest absolute Gasteiger partial charge is 0.392 e. The molecular formula is C16H18O. The van der Waals surface area contributed by atoms with Gasteiger partial charge in [0.25, 0.3) is 0 Å². The van der Waals surface area contributed by atoms with Gasteiger partial charge in [-0.1, -0.05) is 42.2 Å². The maximum Gasteiger partial charge on any atom is 0.0621 e. The molecule has 1 heteroatoms. The molecule has 0 aliphatic heterocycles. The van der Waals surface area contributed by atoms with Crippen LogP contribution in [-0.2, 0) is 6.42 Å². The fourth-order valence-electron chi connectivity index (χ4n) is 1.46. The fraction of sp³-hybridized carbons (Fsp3) is 0.250. The second-order valence-electron chi connectivity index (χ2n) is 3.66. The molecule has 0 heterocycles. The Morgan fingerprint density at radius 3 is 2.94 bits per heavy atom. The second-order valence-corrected chi connectivity index (χ2v) is 3.66. The minimum Gasteiger partial charge on any atom is -0.392 e. The van der Waals surface area contributed by atoms with E-state index in [0.717, 1.165) is 18.4 Å². The van der Waals surface area contributed by atoms with Crippen molar-refractivity contribution >= 4 is 0 Å². The molecule has 0 bridgehead atoms. The number of benzene rings is 1. The van der Waals surface area contributed by atoms with Crippen LogP contribution in [0, 0.1) is 11.8 Å². The molecule has 1 nitrogen and oxygen atoms in total. The van der Waals surface area contributed by atoms with Crippen LogP contribution in [0.5, 0.6) is 0 Å². The highest BCUT2D eigenvalue weighted by atomic mass is 16.2. The lowest BCUT2D eigenvalue weighted by atomic mass is 10.1. The number of aliphatic hydroxyl groups excluding tert-OH is 1. The van der Waals surface area contributed by atoms with Crippen LogP contribution in [0.25, 0.3) is 0 Å². The van der Waals surface area contributed by atoms with E-state index in [4.69, 9.17) is 5.11 Å². The summed E-state index contributed by atoms with van der Waals surface area (Å²) in [6, 6.07) is 8.27. The summed E-state index contributed by atoms with van der Waals surface area (Å²) in [5.74, 6) is 5.94. The Morgan fingerprint density at radius 1 is 1.29 bits per heavy atom. The van der Waals surface area contributed by atoms with Gasteiger partial charge >= 0.3 is 0 Å². The van der Waals surface area contributed by atoms with Gasteiger partial charge in [-0.15, -0.1) is 0 Å². The molecule has 1 aromatic carbocycles. The summed E-state index contributed by atoms with van der Waals surface area (Å²) in [6.45, 7) is 2.08. The van der Waals surface area contributed by atoms with Crippen molar-refractivity contribution in [2.45, 2.75) is 19.8 Å². The van der Waals surface area contributed by atoms with Gasteiger partial charge in [-0.3, -0.25) is 0 Å². The average Bonchev–Trinajstić information content (AvgIpc) is 2.36. The van der Waals surface area contributed by atoms with Gasteiger partial charge in [0.05, 0.1) is 6.61 Å². The third kappa shape index (κ3) is 5.75. The summed E-state index contributed by atoms with van der Waals surface area (Å²) >= 11 is 0. The number of aryl methyl sites for hydroxylation is 1. The Kier molecular flexibility index (Phi) is 6.55. The first kappa shape index (κ1) is 13.3. The van der Waals surface area contributed by atoms with Crippen LogP contribution < -0.4 is 0 Å². The zero-order chi connectivity index (χ0) is 12.3. The summed E-state index contributed by atoms with van der Waals surface area (Å²) in [7, 11) is 0. The summed E-state index contributed by atoms with van der Waals surface area (Å²) in [5.41, 5.74) is 2.33. The van der Waals surface area contributed by atoms with Crippen LogP contribution in [0.2, 0.25) is 0 Å². The van der Waals surface area contributed by atoms with E-state index in [1.165, 1.54) is 5.56 Å². The normalized spacial score (nSPS) is 10.7. The predicted molar refractivity (Wildman–Crippen MR) is 72.7 cm³/mol. The molecule has 88 valence electrons. The first-order chi connectivity index (χ1) is 8.36. The van der Waals surface area contributed by atoms with Gasteiger partial charge in [-0.05, 0) is 43.5 Å². The van der Waals surface area contributed by atoms with E-state index >= 15 is 0 Å². The highest BCUT2D eigenvalue weighted by molar-refractivity contribution is 5.39. The molecule has 0 fully saturated rings. The SMILES string of the molecule is C/C=C/CCc1cccc(C#C/C=C/CO)c1. The lowest BCUT2D eigenvalue weighted by Crippen LogP contribution is -1.84. The van der Waals surface area contributed by atoms with Crippen LogP contribution in [0.3, 0.4) is 0 Å². The van der Waals surface area contributed by atoms with Crippen molar-refractivity contribution in [1.82, 2.24) is 0 Å². The minimum absolute atomic E-state index is 0.0398. The molecule has 0 aromatic heterocycles. The summed E-state index contributed by atoms with van der Waals surface area (Å²) in [6.07, 6.45) is 9.66. The highest BCUT2D eigenvalue weighted by Crippen LogP contribution is 2.07. The minimum atomic E-state index is 0.0398. The summed E-state index contributed by atoms with van der Waals surface area (Å²) < 4.78 is 0. The van der Waals surface area contributed by atoms with Crippen LogP contribution in [0.1, 0.15) is 24.5 Å². The molecule has 1 aromatic rings. The molecule has 17 heavy (non-hydrogen) atoms. The third-order valence-corrected chi connectivity index (χ3v) is 2.29. The van der Waals surface area contributed by atoms with Crippen molar-refractivity contribution in [2.75, 3.05) is 6.61 Å². The van der Waals surface area contributed by atoms with Gasteiger partial charge in [0.1, 0.15) is 0 Å². The maximum atomic E-state index is 8.57. The van der Waals surface area contributed by atoms with E-state index in [-0.39, 0.29) is 6.61 Å². The molecule has 0 radical (unpaired) electrons. The third-order valence-electron chi connectivity index (χ3n) is 2.29. The number of hydrogen-bond donors (Lipinski definition) is 1. The molecule has 0 saturated heterocycles. The maximum absolute atomic E-state index is 8.57. The number of allylic oxidation sites excluding steroid dienone is 3. The lowest BCUT2D eigenvalue weighted by Gasteiger charge is -1.98. The Bertz CT molecular complexity index is 444. The molecule has 1 N–H and O–H groups in total. The molecule has 0 aliphatic carbocycles. The number of hydrogen-bond acceptors (Lipinski definition) is 1. The topological polar surface area (TPSA) is 20.2 Å². The zero-order valence-corrected chi connectivity index (χ0v) is 10.2. The number of aliphatic hydroxyl groups is 1. The Balaban J connectivity index is 2.64. The highest BCUT2D eigenvalue weighted by Gasteiger charge is 1.92. The van der Waals surface area contributed by atoms with Gasteiger partial charge < -0.3 is 5.11 Å². The molecule has 0 spiro atoms. The van der Waals surface area contributed by atoms with Gasteiger partial charge in [0.15, 0.2) is 0 Å². The quantitative estimate of drug-likeness (QED) is 0.618. The van der Waals surface area contributed by atoms with Crippen LogP contribution in [-0.4, -0.2) is 11.7 Å². The van der Waals surface area contributed by atoms with Crippen molar-refractivity contribution in [1.29, 1.82) is 0 Å². The van der Waals surface area contributed by atoms with Crippen molar-refractivity contribution in [2.24, 2.45) is 0 Å². The van der Waals surface area contributed by atoms with E-state index < -0.39 is 0 Å². The predicted octanol–water partition coefficient (Wildman–Crippen LogP) is 3.10. The van der Waals surface area contributed by atoms with Gasteiger partial charge in [-0.2, -0.15) is 0 Å². The van der Waals surface area contributed by atoms with Gasteiger partial charge in [0, 0.05) is 5.56 Å². The van der Waals surface area contributed by atoms with Gasteiger partial charge in [0.2, 0.25) is 0 Å². The molecule has 0 atom stereocenters. The Morgan fingerprint density at radius 2 is 2.18 bits per heavy atom. The summed E-state index contributed by atoms with van der Waals surface area (Å²) in [4.78, 5) is 0. The second kappa shape index (κ2) is 8.38. The fourth-order valence-corrected chi connectivity index (χ4v) is 1.46. The van der Waals surface area contributed by atoms with Crippen molar-refractivity contribution in [3.05, 3.63) is 59.7 Å². The van der Waals surface area contributed by atoms with E-state index in [2.05, 4.69) is 36.1 Å². The van der Waals surface area contributed by atoms with Crippen LogP contribution in [0.4, 0.5) is 0 Å². The van der Waals surface area contributed by atoms with Crippen molar-refractivity contribution < 1.29 is 5.11 Å². The molecular weight excluding hydrogens is 208 g/mol. The van der Waals surface area contributed by atoms with Crippen molar-refractivity contribution in [3.63, 3.8) is 0 Å². The van der Waals surface area contributed by atoms with E-state index in [9.17, 15) is 0 Å². The standard InChI is InChI=1S/C16H18O/c1-2-3-5-9-15-11-8-12-16(14-15)10-6-4-7-13-17/h2-4,7-8,11-12,14,17H,5,9,13H2,1H3/b3-2+,7-4+. The lowest BCUT2D eigenvalue weighted by molar-refractivity contribution is 0.343.